The average Bonchev–Trinajstić information content (AvgIpc) is 3.41. The van der Waals surface area contributed by atoms with E-state index in [-0.39, 0.29) is 17.3 Å². The molecule has 0 aliphatic carbocycles. The minimum absolute atomic E-state index is 0.0388. The molecule has 1 aliphatic heterocycles. The van der Waals surface area contributed by atoms with E-state index in [1.807, 2.05) is 29.3 Å². The molecule has 3 N–H and O–H groups in total. The van der Waals surface area contributed by atoms with Crippen LogP contribution in [0, 0.1) is 11.3 Å². The zero-order chi connectivity index (χ0) is 21.1. The maximum atomic E-state index is 11.6. The minimum atomic E-state index is -0.847. The predicted octanol–water partition coefficient (Wildman–Crippen LogP) is 1.57. The number of aromatic nitrogens is 5. The molecular formula is C18H18N10O2. The Morgan fingerprint density at radius 3 is 2.70 bits per heavy atom. The van der Waals surface area contributed by atoms with E-state index in [1.54, 1.807) is 7.05 Å². The third kappa shape index (κ3) is 3.68. The number of nitriles is 1. The van der Waals surface area contributed by atoms with Gasteiger partial charge in [0.25, 0.3) is 0 Å². The number of aromatic amines is 2. The second-order valence-corrected chi connectivity index (χ2v) is 6.57. The molecule has 0 radical (unpaired) electrons. The molecule has 152 valence electrons. The van der Waals surface area contributed by atoms with Gasteiger partial charge in [-0.3, -0.25) is 9.97 Å². The van der Waals surface area contributed by atoms with Gasteiger partial charge in [-0.2, -0.15) is 20.0 Å². The summed E-state index contributed by atoms with van der Waals surface area (Å²) in [5, 5.41) is 24.9. The monoisotopic (exact) mass is 406 g/mol. The van der Waals surface area contributed by atoms with Crippen LogP contribution >= 0.6 is 0 Å². The number of benzene rings is 1. The molecule has 0 spiro atoms. The SMILES string of the molecule is CNc1cc(N2CCCC2)ccc1N=Nc1c(C#N)cnn1-c1nc(=O)[nH]c(=O)[nH]1. The molecule has 0 atom stereocenters. The lowest BCUT2D eigenvalue weighted by molar-refractivity contribution is 0.765. The van der Waals surface area contributed by atoms with E-state index in [1.165, 1.54) is 19.0 Å². The highest BCUT2D eigenvalue weighted by Gasteiger charge is 2.16. The maximum Gasteiger partial charge on any atom is 0.352 e. The number of H-pyrrole nitrogens is 2. The molecule has 0 bridgehead atoms. The summed E-state index contributed by atoms with van der Waals surface area (Å²) in [5.74, 6) is -0.130. The Hall–Kier alpha value is -4.27. The fraction of sp³-hybridized carbons (Fsp3) is 0.278. The van der Waals surface area contributed by atoms with E-state index >= 15 is 0 Å². The van der Waals surface area contributed by atoms with Gasteiger partial charge < -0.3 is 10.2 Å². The van der Waals surface area contributed by atoms with Crippen LogP contribution in [0.5, 0.6) is 0 Å². The summed E-state index contributed by atoms with van der Waals surface area (Å²) >= 11 is 0. The summed E-state index contributed by atoms with van der Waals surface area (Å²) < 4.78 is 1.08. The van der Waals surface area contributed by atoms with Gasteiger partial charge in [-0.1, -0.05) is 0 Å². The summed E-state index contributed by atoms with van der Waals surface area (Å²) in [7, 11) is 1.79. The molecule has 2 aromatic heterocycles. The molecule has 1 saturated heterocycles. The summed E-state index contributed by atoms with van der Waals surface area (Å²) in [5.41, 5.74) is 0.947. The third-order valence-corrected chi connectivity index (χ3v) is 4.69. The van der Waals surface area contributed by atoms with Crippen molar-refractivity contribution in [3.8, 4) is 12.0 Å². The standard InChI is InChI=1S/C18H18N10O2/c1-20-14-8-12(27-6-2-3-7-27)4-5-13(14)25-26-15-11(9-19)10-21-28(15)16-22-17(29)24-18(30)23-16/h4-5,8,10,20H,2-3,6-7H2,1H3,(H2,22,23,24,29,30). The van der Waals surface area contributed by atoms with E-state index in [0.717, 1.165) is 29.1 Å². The second-order valence-electron chi connectivity index (χ2n) is 6.57. The number of hydrogen-bond donors (Lipinski definition) is 3. The summed E-state index contributed by atoms with van der Waals surface area (Å²) in [6.07, 6.45) is 3.61. The third-order valence-electron chi connectivity index (χ3n) is 4.69. The van der Waals surface area contributed by atoms with E-state index in [9.17, 15) is 14.9 Å². The molecule has 4 rings (SSSR count). The number of anilines is 2. The van der Waals surface area contributed by atoms with Crippen LogP contribution in [0.2, 0.25) is 0 Å². The molecule has 3 aromatic rings. The molecule has 12 heteroatoms. The highest BCUT2D eigenvalue weighted by Crippen LogP contribution is 2.33. The van der Waals surface area contributed by atoms with Crippen molar-refractivity contribution < 1.29 is 0 Å². The minimum Gasteiger partial charge on any atom is -0.386 e. The number of azo groups is 1. The molecule has 0 amide bonds. The summed E-state index contributed by atoms with van der Waals surface area (Å²) in [6, 6.07) is 7.77. The number of rotatable bonds is 5. The Balaban J connectivity index is 1.72. The van der Waals surface area contributed by atoms with Gasteiger partial charge in [-0.15, -0.1) is 10.2 Å². The lowest BCUT2D eigenvalue weighted by Crippen LogP contribution is -2.27. The summed E-state index contributed by atoms with van der Waals surface area (Å²) in [4.78, 5) is 33.4. The Morgan fingerprint density at radius 1 is 1.20 bits per heavy atom. The Morgan fingerprint density at radius 2 is 2.00 bits per heavy atom. The molecule has 0 unspecified atom stereocenters. The predicted molar refractivity (Wildman–Crippen MR) is 109 cm³/mol. The van der Waals surface area contributed by atoms with Crippen molar-refractivity contribution in [2.75, 3.05) is 30.4 Å². The molecule has 1 fully saturated rings. The van der Waals surface area contributed by atoms with Crippen LogP contribution in [0.4, 0.5) is 22.9 Å². The molecule has 3 heterocycles. The lowest BCUT2D eigenvalue weighted by Gasteiger charge is -2.19. The Labute approximate surface area is 169 Å². The van der Waals surface area contributed by atoms with Crippen LogP contribution in [0.1, 0.15) is 18.4 Å². The van der Waals surface area contributed by atoms with E-state index in [2.05, 4.69) is 35.5 Å². The highest BCUT2D eigenvalue weighted by molar-refractivity contribution is 5.71. The lowest BCUT2D eigenvalue weighted by atomic mass is 10.2. The molecule has 30 heavy (non-hydrogen) atoms. The molecule has 0 saturated carbocycles. The first-order chi connectivity index (χ1) is 14.6. The molecule has 1 aromatic carbocycles. The van der Waals surface area contributed by atoms with Crippen LogP contribution in [0.3, 0.4) is 0 Å². The van der Waals surface area contributed by atoms with E-state index in [4.69, 9.17) is 0 Å². The highest BCUT2D eigenvalue weighted by atomic mass is 16.2. The average molecular weight is 406 g/mol. The van der Waals surface area contributed by atoms with E-state index < -0.39 is 11.4 Å². The fourth-order valence-corrected chi connectivity index (χ4v) is 3.24. The van der Waals surface area contributed by atoms with Crippen molar-refractivity contribution in [3.63, 3.8) is 0 Å². The molecular weight excluding hydrogens is 388 g/mol. The first-order valence-electron chi connectivity index (χ1n) is 9.26. The first-order valence-corrected chi connectivity index (χ1v) is 9.26. The maximum absolute atomic E-state index is 11.6. The Kier molecular flexibility index (Phi) is 5.08. The topological polar surface area (TPSA) is 160 Å². The van der Waals surface area contributed by atoms with Crippen molar-refractivity contribution in [2.24, 2.45) is 10.2 Å². The van der Waals surface area contributed by atoms with Crippen LogP contribution in [0.25, 0.3) is 5.95 Å². The van der Waals surface area contributed by atoms with E-state index in [0.29, 0.717) is 5.69 Å². The van der Waals surface area contributed by atoms with Gasteiger partial charge in [-0.25, -0.2) is 9.59 Å². The normalized spacial score (nSPS) is 13.7. The van der Waals surface area contributed by atoms with Crippen molar-refractivity contribution >= 4 is 22.9 Å². The van der Waals surface area contributed by atoms with Crippen LogP contribution < -0.4 is 21.6 Å². The van der Waals surface area contributed by atoms with Gasteiger partial charge in [0.1, 0.15) is 17.3 Å². The van der Waals surface area contributed by atoms with Crippen molar-refractivity contribution in [3.05, 3.63) is 50.9 Å². The quantitative estimate of drug-likeness (QED) is 0.542. The fourth-order valence-electron chi connectivity index (χ4n) is 3.24. The zero-order valence-electron chi connectivity index (χ0n) is 16.1. The number of nitrogens with one attached hydrogen (secondary N) is 3. The van der Waals surface area contributed by atoms with Crippen LogP contribution in [-0.2, 0) is 0 Å². The first kappa shape index (κ1) is 19.1. The second kappa shape index (κ2) is 8.00. The smallest absolute Gasteiger partial charge is 0.352 e. The van der Waals surface area contributed by atoms with Gasteiger partial charge >= 0.3 is 11.4 Å². The van der Waals surface area contributed by atoms with Gasteiger partial charge in [0.05, 0.1) is 11.9 Å². The zero-order valence-corrected chi connectivity index (χ0v) is 16.1. The van der Waals surface area contributed by atoms with Crippen molar-refractivity contribution in [1.82, 2.24) is 24.7 Å². The Bertz CT molecular complexity index is 1230. The summed E-state index contributed by atoms with van der Waals surface area (Å²) in [6.45, 7) is 2.05. The number of hydrogen-bond acceptors (Lipinski definition) is 9. The van der Waals surface area contributed by atoms with Gasteiger partial charge in [0.15, 0.2) is 5.82 Å². The molecule has 1 aliphatic rings. The van der Waals surface area contributed by atoms with Crippen LogP contribution in [0.15, 0.2) is 44.2 Å². The van der Waals surface area contributed by atoms with Crippen LogP contribution in [-0.4, -0.2) is 44.9 Å². The van der Waals surface area contributed by atoms with Gasteiger partial charge in [0, 0.05) is 25.8 Å². The largest absolute Gasteiger partial charge is 0.386 e. The van der Waals surface area contributed by atoms with Gasteiger partial charge in [0.2, 0.25) is 5.95 Å². The number of nitrogens with zero attached hydrogens (tertiary/aromatic N) is 7. The van der Waals surface area contributed by atoms with Gasteiger partial charge in [-0.05, 0) is 31.0 Å². The van der Waals surface area contributed by atoms with Crippen molar-refractivity contribution in [1.29, 1.82) is 5.26 Å². The van der Waals surface area contributed by atoms with Crippen molar-refractivity contribution in [2.45, 2.75) is 12.8 Å². The molecule has 12 nitrogen and oxygen atoms in total.